The van der Waals surface area contributed by atoms with E-state index in [4.69, 9.17) is 5.73 Å². The average Bonchev–Trinajstić information content (AvgIpc) is 2.57. The van der Waals surface area contributed by atoms with Gasteiger partial charge in [-0.05, 0) is 32.0 Å². The molecule has 2 nitrogen and oxygen atoms in total. The predicted molar refractivity (Wildman–Crippen MR) is 107 cm³/mol. The normalized spacial score (nSPS) is 11.6. The summed E-state index contributed by atoms with van der Waals surface area (Å²) in [4.78, 5) is 4.36. The Morgan fingerprint density at radius 1 is 0.609 bits per heavy atom. The van der Waals surface area contributed by atoms with Gasteiger partial charge < -0.3 is 5.73 Å². The van der Waals surface area contributed by atoms with Crippen LogP contribution in [0.1, 0.15) is 116 Å². The molecule has 2 heteroatoms. The van der Waals surface area contributed by atoms with Crippen LogP contribution in [0.2, 0.25) is 0 Å². The van der Waals surface area contributed by atoms with Gasteiger partial charge >= 0.3 is 0 Å². The zero-order chi connectivity index (χ0) is 16.8. The van der Waals surface area contributed by atoms with Gasteiger partial charge in [-0.1, -0.05) is 96.8 Å². The van der Waals surface area contributed by atoms with E-state index >= 15 is 0 Å². The molecule has 0 aromatic rings. The molecule has 138 valence electrons. The molecule has 0 rings (SSSR count). The van der Waals surface area contributed by atoms with Gasteiger partial charge in [-0.15, -0.1) is 0 Å². The minimum absolute atomic E-state index is 0.760. The molecule has 0 bridgehead atoms. The van der Waals surface area contributed by atoms with E-state index in [1.807, 2.05) is 0 Å². The lowest BCUT2D eigenvalue weighted by molar-refractivity contribution is 0.533. The van der Waals surface area contributed by atoms with Crippen molar-refractivity contribution in [3.8, 4) is 0 Å². The molecule has 0 aromatic heterocycles. The highest BCUT2D eigenvalue weighted by molar-refractivity contribution is 5.56. The molecule has 0 unspecified atom stereocenters. The number of nitrogens with zero attached hydrogens (tertiary/aromatic N) is 1. The molecule has 0 atom stereocenters. The lowest BCUT2D eigenvalue weighted by atomic mass is 10.0. The van der Waals surface area contributed by atoms with Crippen LogP contribution in [0.15, 0.2) is 4.99 Å². The van der Waals surface area contributed by atoms with Gasteiger partial charge in [0.1, 0.15) is 0 Å². The standard InChI is InChI=1S/C21H44N2/c1-2-3-4-5-6-7-8-9-10-11-12-13-14-15-16-17-20-23-21-18-19-22/h20H,2-19,21-22H2,1H3. The summed E-state index contributed by atoms with van der Waals surface area (Å²) >= 11 is 0. The van der Waals surface area contributed by atoms with E-state index in [1.165, 1.54) is 96.3 Å². The van der Waals surface area contributed by atoms with Crippen molar-refractivity contribution in [1.29, 1.82) is 0 Å². The first-order valence-corrected chi connectivity index (χ1v) is 10.6. The largest absolute Gasteiger partial charge is 0.330 e. The molecule has 0 aliphatic heterocycles. The lowest BCUT2D eigenvalue weighted by Gasteiger charge is -2.03. The summed E-state index contributed by atoms with van der Waals surface area (Å²) in [5.41, 5.74) is 5.43. The van der Waals surface area contributed by atoms with E-state index in [-0.39, 0.29) is 0 Å². The van der Waals surface area contributed by atoms with Crippen LogP contribution in [0.4, 0.5) is 0 Å². The first-order chi connectivity index (χ1) is 11.4. The minimum Gasteiger partial charge on any atom is -0.330 e. The molecule has 0 aliphatic rings. The third-order valence-corrected chi connectivity index (χ3v) is 4.56. The monoisotopic (exact) mass is 324 g/mol. The second-order valence-corrected chi connectivity index (χ2v) is 6.97. The van der Waals surface area contributed by atoms with Crippen LogP contribution < -0.4 is 5.73 Å². The third-order valence-electron chi connectivity index (χ3n) is 4.56. The van der Waals surface area contributed by atoms with Crippen LogP contribution in [-0.2, 0) is 0 Å². The van der Waals surface area contributed by atoms with Crippen LogP contribution in [0.25, 0.3) is 0 Å². The first kappa shape index (κ1) is 22.6. The molecule has 23 heavy (non-hydrogen) atoms. The highest BCUT2D eigenvalue weighted by atomic mass is 14.7. The molecule has 0 aromatic carbocycles. The van der Waals surface area contributed by atoms with Crippen LogP contribution in [0, 0.1) is 0 Å². The van der Waals surface area contributed by atoms with Gasteiger partial charge in [-0.2, -0.15) is 0 Å². The maximum Gasteiger partial charge on any atom is 0.0397 e. The maximum atomic E-state index is 5.43. The Labute approximate surface area is 146 Å². The summed E-state index contributed by atoms with van der Waals surface area (Å²) in [5.74, 6) is 0. The molecule has 0 radical (unpaired) electrons. The van der Waals surface area contributed by atoms with E-state index in [0.29, 0.717) is 0 Å². The van der Waals surface area contributed by atoms with Gasteiger partial charge in [0.2, 0.25) is 0 Å². The molecule has 0 saturated heterocycles. The Balaban J connectivity index is 2.98. The fourth-order valence-corrected chi connectivity index (χ4v) is 2.97. The van der Waals surface area contributed by atoms with Crippen molar-refractivity contribution >= 4 is 6.21 Å². The second kappa shape index (κ2) is 21.6. The Bertz CT molecular complexity index is 226. The van der Waals surface area contributed by atoms with Gasteiger partial charge in [0.15, 0.2) is 0 Å². The van der Waals surface area contributed by atoms with Gasteiger partial charge in [0.25, 0.3) is 0 Å². The molecule has 0 amide bonds. The van der Waals surface area contributed by atoms with Crippen molar-refractivity contribution in [2.75, 3.05) is 13.1 Å². The highest BCUT2D eigenvalue weighted by Gasteiger charge is 1.94. The number of rotatable bonds is 19. The zero-order valence-electron chi connectivity index (χ0n) is 16.0. The van der Waals surface area contributed by atoms with Crippen LogP contribution in [0.3, 0.4) is 0 Å². The Morgan fingerprint density at radius 3 is 1.48 bits per heavy atom. The topological polar surface area (TPSA) is 38.4 Å². The SMILES string of the molecule is CCCCCCCCCCCCCCCCCC=NCCCN. The number of hydrogen-bond donors (Lipinski definition) is 1. The van der Waals surface area contributed by atoms with Crippen molar-refractivity contribution in [1.82, 2.24) is 0 Å². The fourth-order valence-electron chi connectivity index (χ4n) is 2.97. The summed E-state index contributed by atoms with van der Waals surface area (Å²) in [7, 11) is 0. The zero-order valence-corrected chi connectivity index (χ0v) is 16.0. The van der Waals surface area contributed by atoms with E-state index in [0.717, 1.165) is 25.9 Å². The van der Waals surface area contributed by atoms with Gasteiger partial charge in [0.05, 0.1) is 0 Å². The Hall–Kier alpha value is -0.370. The number of nitrogens with two attached hydrogens (primary N) is 1. The summed E-state index contributed by atoms with van der Waals surface area (Å²) < 4.78 is 0. The molecule has 0 aliphatic carbocycles. The van der Waals surface area contributed by atoms with E-state index < -0.39 is 0 Å². The van der Waals surface area contributed by atoms with Crippen molar-refractivity contribution in [3.63, 3.8) is 0 Å². The van der Waals surface area contributed by atoms with Gasteiger partial charge in [-0.3, -0.25) is 4.99 Å². The number of unbranched alkanes of at least 4 members (excludes halogenated alkanes) is 15. The number of aliphatic imine (C=N–C) groups is 1. The quantitative estimate of drug-likeness (QED) is 0.209. The fraction of sp³-hybridized carbons (Fsp3) is 0.952. The smallest absolute Gasteiger partial charge is 0.0397 e. The first-order valence-electron chi connectivity index (χ1n) is 10.6. The molecule has 0 spiro atoms. The Morgan fingerprint density at radius 2 is 1.04 bits per heavy atom. The maximum absolute atomic E-state index is 5.43. The molecule has 2 N–H and O–H groups in total. The van der Waals surface area contributed by atoms with Crippen molar-refractivity contribution in [2.45, 2.75) is 116 Å². The van der Waals surface area contributed by atoms with E-state index in [2.05, 4.69) is 18.1 Å². The predicted octanol–water partition coefficient (Wildman–Crippen LogP) is 6.67. The Kier molecular flexibility index (Phi) is 21.3. The van der Waals surface area contributed by atoms with Crippen LogP contribution in [0.5, 0.6) is 0 Å². The van der Waals surface area contributed by atoms with E-state index in [9.17, 15) is 0 Å². The summed E-state index contributed by atoms with van der Waals surface area (Å²) in [5, 5.41) is 0. The van der Waals surface area contributed by atoms with Crippen molar-refractivity contribution in [3.05, 3.63) is 0 Å². The summed E-state index contributed by atoms with van der Waals surface area (Å²) in [6.07, 6.45) is 25.7. The molecular weight excluding hydrogens is 280 g/mol. The second-order valence-electron chi connectivity index (χ2n) is 6.97. The highest BCUT2D eigenvalue weighted by Crippen LogP contribution is 2.13. The molecular formula is C21H44N2. The average molecular weight is 325 g/mol. The molecule has 0 fully saturated rings. The minimum atomic E-state index is 0.760. The van der Waals surface area contributed by atoms with Gasteiger partial charge in [-0.25, -0.2) is 0 Å². The third kappa shape index (κ3) is 21.6. The van der Waals surface area contributed by atoms with E-state index in [1.54, 1.807) is 0 Å². The summed E-state index contributed by atoms with van der Waals surface area (Å²) in [6, 6.07) is 0. The van der Waals surface area contributed by atoms with Crippen molar-refractivity contribution in [2.24, 2.45) is 10.7 Å². The van der Waals surface area contributed by atoms with Crippen LogP contribution >= 0.6 is 0 Å². The lowest BCUT2D eigenvalue weighted by Crippen LogP contribution is -1.99. The molecule has 0 saturated carbocycles. The summed E-state index contributed by atoms with van der Waals surface area (Å²) in [6.45, 7) is 3.96. The van der Waals surface area contributed by atoms with Gasteiger partial charge in [0, 0.05) is 6.54 Å². The van der Waals surface area contributed by atoms with Crippen LogP contribution in [-0.4, -0.2) is 19.3 Å². The van der Waals surface area contributed by atoms with Crippen molar-refractivity contribution < 1.29 is 0 Å². The molecule has 0 heterocycles. The number of hydrogen-bond acceptors (Lipinski definition) is 2.